The average Bonchev–Trinajstić information content (AvgIpc) is 2.45. The summed E-state index contributed by atoms with van der Waals surface area (Å²) in [5.74, 6) is 0.793. The van der Waals surface area contributed by atoms with E-state index in [0.29, 0.717) is 28.3 Å². The number of nitrogens with one attached hydrogen (secondary N) is 2. The van der Waals surface area contributed by atoms with Gasteiger partial charge in [-0.3, -0.25) is 10.2 Å². The van der Waals surface area contributed by atoms with E-state index in [1.807, 2.05) is 0 Å². The van der Waals surface area contributed by atoms with Gasteiger partial charge in [-0.15, -0.1) is 0 Å². The summed E-state index contributed by atoms with van der Waals surface area (Å²) in [6, 6.07) is 4.94. The summed E-state index contributed by atoms with van der Waals surface area (Å²) in [4.78, 5) is 22.7. The third kappa shape index (κ3) is 6.03. The van der Waals surface area contributed by atoms with Crippen LogP contribution < -0.4 is 15.6 Å². The highest BCUT2D eigenvalue weighted by atomic mass is 79.9. The van der Waals surface area contributed by atoms with Crippen LogP contribution in [-0.2, 0) is 4.74 Å². The number of carbonyl (C=O) groups is 2. The van der Waals surface area contributed by atoms with E-state index < -0.39 is 12.0 Å². The number of methoxy groups -OCH3 is 1. The molecule has 2 N–H and O–H groups in total. The number of ether oxygens (including phenoxy) is 2. The summed E-state index contributed by atoms with van der Waals surface area (Å²) in [6.45, 7) is 4.87. The first-order chi connectivity index (χ1) is 9.93. The zero-order valence-electron chi connectivity index (χ0n) is 12.2. The molecule has 1 rings (SSSR count). The van der Waals surface area contributed by atoms with Gasteiger partial charge < -0.3 is 9.47 Å². The molecule has 116 valence electrons. The first-order valence-corrected chi connectivity index (χ1v) is 7.30. The quantitative estimate of drug-likeness (QED) is 0.793. The molecule has 0 saturated carbocycles. The Bertz CT molecular complexity index is 506. The van der Waals surface area contributed by atoms with E-state index in [1.165, 1.54) is 7.11 Å². The Labute approximate surface area is 132 Å². The number of halogens is 1. The normalized spacial score (nSPS) is 10.1. The highest BCUT2D eigenvalue weighted by Gasteiger charge is 2.10. The molecule has 0 heterocycles. The summed E-state index contributed by atoms with van der Waals surface area (Å²) < 4.78 is 10.7. The van der Waals surface area contributed by atoms with E-state index in [4.69, 9.17) is 4.74 Å². The third-order valence-electron chi connectivity index (χ3n) is 2.61. The molecule has 0 aliphatic heterocycles. The maximum absolute atomic E-state index is 11.8. The van der Waals surface area contributed by atoms with Gasteiger partial charge in [-0.2, -0.15) is 0 Å². The number of carbonyl (C=O) groups excluding carboxylic acids is 2. The number of hydrogen-bond donors (Lipinski definition) is 2. The molecule has 0 aliphatic carbocycles. The van der Waals surface area contributed by atoms with Crippen molar-refractivity contribution in [3.8, 4) is 5.75 Å². The largest absolute Gasteiger partial charge is 0.492 e. The fraction of sp³-hybridized carbons (Fsp3) is 0.429. The second kappa shape index (κ2) is 8.51. The molecule has 0 aliphatic rings. The predicted molar refractivity (Wildman–Crippen MR) is 82.1 cm³/mol. The van der Waals surface area contributed by atoms with Gasteiger partial charge in [0.05, 0.1) is 18.2 Å². The van der Waals surface area contributed by atoms with Crippen LogP contribution in [0.25, 0.3) is 0 Å². The van der Waals surface area contributed by atoms with Crippen LogP contribution in [0.15, 0.2) is 22.7 Å². The minimum atomic E-state index is -0.740. The van der Waals surface area contributed by atoms with Crippen LogP contribution in [0.5, 0.6) is 5.75 Å². The highest BCUT2D eigenvalue weighted by molar-refractivity contribution is 9.10. The lowest BCUT2D eigenvalue weighted by molar-refractivity contribution is 0.0920. The van der Waals surface area contributed by atoms with Crippen LogP contribution >= 0.6 is 15.9 Å². The predicted octanol–water partition coefficient (Wildman–Crippen LogP) is 2.87. The molecule has 0 radical (unpaired) electrons. The Morgan fingerprint density at radius 3 is 2.57 bits per heavy atom. The Morgan fingerprint density at radius 1 is 1.29 bits per heavy atom. The molecule has 1 aromatic rings. The molecule has 1 aromatic carbocycles. The van der Waals surface area contributed by atoms with Gasteiger partial charge >= 0.3 is 6.09 Å². The topological polar surface area (TPSA) is 76.7 Å². The van der Waals surface area contributed by atoms with Crippen LogP contribution in [-0.4, -0.2) is 25.7 Å². The van der Waals surface area contributed by atoms with Crippen molar-refractivity contribution in [2.75, 3.05) is 13.7 Å². The maximum Gasteiger partial charge on any atom is 0.425 e. The van der Waals surface area contributed by atoms with Gasteiger partial charge in [0.25, 0.3) is 5.91 Å². The molecular weight excluding hydrogens is 340 g/mol. The average molecular weight is 359 g/mol. The molecule has 0 saturated heterocycles. The molecule has 6 nitrogen and oxygen atoms in total. The zero-order valence-corrected chi connectivity index (χ0v) is 13.8. The number of amides is 2. The molecule has 0 fully saturated rings. The van der Waals surface area contributed by atoms with Gasteiger partial charge in [-0.05, 0) is 46.5 Å². The fourth-order valence-electron chi connectivity index (χ4n) is 1.39. The zero-order chi connectivity index (χ0) is 15.8. The number of rotatable bonds is 5. The highest BCUT2D eigenvalue weighted by Crippen LogP contribution is 2.26. The SMILES string of the molecule is COC(=O)NNC(=O)c1ccc(OCCC(C)C)c(Br)c1. The van der Waals surface area contributed by atoms with Gasteiger partial charge in [0.15, 0.2) is 0 Å². The molecule has 2 amide bonds. The molecular formula is C14H19BrN2O4. The number of benzene rings is 1. The van der Waals surface area contributed by atoms with Crippen molar-refractivity contribution in [1.29, 1.82) is 0 Å². The summed E-state index contributed by atoms with van der Waals surface area (Å²) >= 11 is 3.36. The van der Waals surface area contributed by atoms with Gasteiger partial charge in [0.2, 0.25) is 0 Å². The van der Waals surface area contributed by atoms with Crippen molar-refractivity contribution >= 4 is 27.9 Å². The van der Waals surface area contributed by atoms with Crippen LogP contribution in [0.1, 0.15) is 30.6 Å². The Hall–Kier alpha value is -1.76. The van der Waals surface area contributed by atoms with E-state index in [9.17, 15) is 9.59 Å². The van der Waals surface area contributed by atoms with E-state index in [0.717, 1.165) is 6.42 Å². The smallest absolute Gasteiger partial charge is 0.425 e. The van der Waals surface area contributed by atoms with E-state index in [-0.39, 0.29) is 0 Å². The monoisotopic (exact) mass is 358 g/mol. The van der Waals surface area contributed by atoms with Crippen LogP contribution in [0.3, 0.4) is 0 Å². The minimum Gasteiger partial charge on any atom is -0.492 e. The van der Waals surface area contributed by atoms with Crippen LogP contribution in [0.2, 0.25) is 0 Å². The summed E-state index contributed by atoms with van der Waals surface area (Å²) in [5, 5.41) is 0. The third-order valence-corrected chi connectivity index (χ3v) is 3.23. The second-order valence-electron chi connectivity index (χ2n) is 4.75. The Kier molecular flexibility index (Phi) is 7.01. The summed E-state index contributed by atoms with van der Waals surface area (Å²) in [6.07, 6.45) is 0.216. The van der Waals surface area contributed by atoms with E-state index >= 15 is 0 Å². The van der Waals surface area contributed by atoms with Crippen LogP contribution in [0, 0.1) is 5.92 Å². The summed E-state index contributed by atoms with van der Waals surface area (Å²) in [7, 11) is 1.21. The Balaban J connectivity index is 2.60. The Morgan fingerprint density at radius 2 is 2.00 bits per heavy atom. The van der Waals surface area contributed by atoms with Gasteiger partial charge in [-0.1, -0.05) is 13.8 Å². The second-order valence-corrected chi connectivity index (χ2v) is 5.60. The lowest BCUT2D eigenvalue weighted by atomic mass is 10.1. The molecule has 21 heavy (non-hydrogen) atoms. The fourth-order valence-corrected chi connectivity index (χ4v) is 1.89. The number of hydrazine groups is 1. The van der Waals surface area contributed by atoms with Gasteiger partial charge in [0, 0.05) is 5.56 Å². The molecule has 0 atom stereocenters. The lowest BCUT2D eigenvalue weighted by Gasteiger charge is -2.11. The van der Waals surface area contributed by atoms with Crippen molar-refractivity contribution in [3.63, 3.8) is 0 Å². The van der Waals surface area contributed by atoms with E-state index in [1.54, 1.807) is 18.2 Å². The molecule has 0 spiro atoms. The van der Waals surface area contributed by atoms with Gasteiger partial charge in [-0.25, -0.2) is 10.2 Å². The first kappa shape index (κ1) is 17.3. The van der Waals surface area contributed by atoms with Crippen molar-refractivity contribution in [2.24, 2.45) is 5.92 Å². The van der Waals surface area contributed by atoms with Gasteiger partial charge in [0.1, 0.15) is 5.75 Å². The minimum absolute atomic E-state index is 0.384. The van der Waals surface area contributed by atoms with E-state index in [2.05, 4.69) is 45.4 Å². The number of hydrogen-bond acceptors (Lipinski definition) is 4. The maximum atomic E-state index is 11.8. The van der Waals surface area contributed by atoms with Crippen molar-refractivity contribution < 1.29 is 19.1 Å². The standard InChI is InChI=1S/C14H19BrN2O4/c1-9(2)6-7-21-12-5-4-10(8-11(12)15)13(18)16-17-14(19)20-3/h4-5,8-9H,6-7H2,1-3H3,(H,16,18)(H,17,19). The molecule has 7 heteroatoms. The molecule has 0 bridgehead atoms. The van der Waals surface area contributed by atoms with Crippen molar-refractivity contribution in [2.45, 2.75) is 20.3 Å². The summed E-state index contributed by atoms with van der Waals surface area (Å²) in [5.41, 5.74) is 4.72. The van der Waals surface area contributed by atoms with Crippen molar-refractivity contribution in [3.05, 3.63) is 28.2 Å². The molecule has 0 unspecified atom stereocenters. The first-order valence-electron chi connectivity index (χ1n) is 6.50. The van der Waals surface area contributed by atoms with Crippen LogP contribution in [0.4, 0.5) is 4.79 Å². The lowest BCUT2D eigenvalue weighted by Crippen LogP contribution is -2.41. The molecule has 0 aromatic heterocycles. The van der Waals surface area contributed by atoms with Crippen molar-refractivity contribution in [1.82, 2.24) is 10.9 Å².